The van der Waals surface area contributed by atoms with Crippen LogP contribution < -0.4 is 5.32 Å². The predicted molar refractivity (Wildman–Crippen MR) is 60.6 cm³/mol. The zero-order valence-electron chi connectivity index (χ0n) is 10.3. The maximum Gasteiger partial charge on any atom is 0.339 e. The molecule has 1 amide bonds. The molecular weight excluding hydrogens is 254 g/mol. The van der Waals surface area contributed by atoms with Gasteiger partial charge in [0.2, 0.25) is 5.89 Å². The van der Waals surface area contributed by atoms with E-state index in [1.165, 1.54) is 13.0 Å². The van der Waals surface area contributed by atoms with E-state index >= 15 is 0 Å². The highest BCUT2D eigenvalue weighted by atomic mass is 16.5. The van der Waals surface area contributed by atoms with Gasteiger partial charge in [-0.15, -0.1) is 0 Å². The number of hydrogen-bond acceptors (Lipinski definition) is 6. The molecule has 2 aromatic heterocycles. The van der Waals surface area contributed by atoms with Crippen molar-refractivity contribution < 1.29 is 23.6 Å². The maximum atomic E-state index is 11.6. The Morgan fingerprint density at radius 2 is 2.16 bits per heavy atom. The molecule has 0 aromatic carbocycles. The van der Waals surface area contributed by atoms with Gasteiger partial charge in [-0.25, -0.2) is 4.79 Å². The third-order valence-corrected chi connectivity index (χ3v) is 2.35. The molecule has 2 heterocycles. The van der Waals surface area contributed by atoms with Gasteiger partial charge in [0, 0.05) is 6.92 Å². The van der Waals surface area contributed by atoms with Gasteiger partial charge in [0.25, 0.3) is 11.7 Å². The molecule has 8 nitrogen and oxygen atoms in total. The summed E-state index contributed by atoms with van der Waals surface area (Å²) in [7, 11) is 0. The highest BCUT2D eigenvalue weighted by molar-refractivity contribution is 5.90. The Hall–Kier alpha value is -2.64. The number of carboxylic acids is 1. The van der Waals surface area contributed by atoms with Gasteiger partial charge in [-0.2, -0.15) is 4.98 Å². The second-order valence-electron chi connectivity index (χ2n) is 3.81. The second-order valence-corrected chi connectivity index (χ2v) is 3.81. The molecule has 0 bridgehead atoms. The quantitative estimate of drug-likeness (QED) is 0.843. The summed E-state index contributed by atoms with van der Waals surface area (Å²) in [5.74, 6) is -0.780. The summed E-state index contributed by atoms with van der Waals surface area (Å²) in [4.78, 5) is 26.2. The molecule has 0 unspecified atom stereocenters. The van der Waals surface area contributed by atoms with Crippen molar-refractivity contribution in [1.29, 1.82) is 0 Å². The van der Waals surface area contributed by atoms with Crippen molar-refractivity contribution in [3.8, 4) is 0 Å². The number of carbonyl (C=O) groups is 2. The molecule has 100 valence electrons. The van der Waals surface area contributed by atoms with Gasteiger partial charge in [-0.05, 0) is 13.0 Å². The van der Waals surface area contributed by atoms with Crippen LogP contribution in [-0.2, 0) is 6.54 Å². The summed E-state index contributed by atoms with van der Waals surface area (Å²) >= 11 is 0. The van der Waals surface area contributed by atoms with Crippen LogP contribution in [0.5, 0.6) is 0 Å². The molecule has 0 aliphatic heterocycles. The van der Waals surface area contributed by atoms with Gasteiger partial charge >= 0.3 is 5.97 Å². The summed E-state index contributed by atoms with van der Waals surface area (Å²) in [5, 5.41) is 14.8. The summed E-state index contributed by atoms with van der Waals surface area (Å²) in [6.45, 7) is 3.15. The summed E-state index contributed by atoms with van der Waals surface area (Å²) in [6.07, 6.45) is 0. The number of carboxylic acid groups (broad SMARTS) is 1. The molecule has 0 aliphatic carbocycles. The van der Waals surface area contributed by atoms with Gasteiger partial charge in [0.15, 0.2) is 0 Å². The van der Waals surface area contributed by atoms with Crippen molar-refractivity contribution in [2.24, 2.45) is 0 Å². The Labute approximate surface area is 107 Å². The lowest BCUT2D eigenvalue weighted by Gasteiger charge is -1.98. The molecule has 0 atom stereocenters. The van der Waals surface area contributed by atoms with Crippen LogP contribution in [0.3, 0.4) is 0 Å². The van der Waals surface area contributed by atoms with E-state index in [4.69, 9.17) is 9.52 Å². The minimum absolute atomic E-state index is 0.0422. The number of nitrogens with one attached hydrogen (secondary N) is 1. The van der Waals surface area contributed by atoms with Crippen LogP contribution in [-0.4, -0.2) is 27.1 Å². The first-order valence-electron chi connectivity index (χ1n) is 5.38. The first-order valence-corrected chi connectivity index (χ1v) is 5.38. The second kappa shape index (κ2) is 4.92. The van der Waals surface area contributed by atoms with Gasteiger partial charge < -0.3 is 19.4 Å². The average molecular weight is 265 g/mol. The maximum absolute atomic E-state index is 11.6. The molecule has 0 spiro atoms. The number of aromatic nitrogens is 2. The standard InChI is InChI=1S/C11H11N3O5/c1-5-8(11(16)17)3-7(18-5)4-12-10(15)9-13-6(2)19-14-9/h3H,4H2,1-2H3,(H,12,15)(H,16,17). The number of amides is 1. The third kappa shape index (κ3) is 2.79. The fourth-order valence-corrected chi connectivity index (χ4v) is 1.48. The molecule has 0 aliphatic rings. The van der Waals surface area contributed by atoms with E-state index in [0.29, 0.717) is 5.76 Å². The number of aryl methyl sites for hydroxylation is 2. The summed E-state index contributed by atoms with van der Waals surface area (Å²) in [6, 6.07) is 1.36. The van der Waals surface area contributed by atoms with Crippen LogP contribution >= 0.6 is 0 Å². The fourth-order valence-electron chi connectivity index (χ4n) is 1.48. The Kier molecular flexibility index (Phi) is 3.32. The van der Waals surface area contributed by atoms with Crippen LogP contribution in [0.15, 0.2) is 15.0 Å². The molecule has 0 saturated carbocycles. The number of furan rings is 1. The lowest BCUT2D eigenvalue weighted by atomic mass is 10.2. The molecular formula is C11H11N3O5. The van der Waals surface area contributed by atoms with E-state index in [0.717, 1.165) is 0 Å². The van der Waals surface area contributed by atoms with Crippen LogP contribution in [0.1, 0.15) is 38.4 Å². The highest BCUT2D eigenvalue weighted by Crippen LogP contribution is 2.14. The van der Waals surface area contributed by atoms with E-state index in [1.54, 1.807) is 6.92 Å². The van der Waals surface area contributed by atoms with Gasteiger partial charge in [0.05, 0.1) is 6.54 Å². The number of nitrogens with zero attached hydrogens (tertiary/aromatic N) is 2. The van der Waals surface area contributed by atoms with Crippen molar-refractivity contribution in [3.63, 3.8) is 0 Å². The first-order chi connectivity index (χ1) is 8.97. The molecule has 0 fully saturated rings. The molecule has 2 aromatic rings. The van der Waals surface area contributed by atoms with Crippen LogP contribution in [0.4, 0.5) is 0 Å². The van der Waals surface area contributed by atoms with Gasteiger partial charge in [-0.1, -0.05) is 5.16 Å². The van der Waals surface area contributed by atoms with Crippen LogP contribution in [0.25, 0.3) is 0 Å². The number of carbonyl (C=O) groups excluding carboxylic acids is 1. The lowest BCUT2D eigenvalue weighted by molar-refractivity contribution is 0.0694. The molecule has 2 N–H and O–H groups in total. The van der Waals surface area contributed by atoms with E-state index < -0.39 is 11.9 Å². The first kappa shape index (κ1) is 12.8. The van der Waals surface area contributed by atoms with Gasteiger partial charge in [-0.3, -0.25) is 4.79 Å². The van der Waals surface area contributed by atoms with Crippen molar-refractivity contribution in [2.45, 2.75) is 20.4 Å². The van der Waals surface area contributed by atoms with Crippen molar-refractivity contribution in [3.05, 3.63) is 34.9 Å². The molecule has 8 heteroatoms. The SMILES string of the molecule is Cc1nc(C(=O)NCc2cc(C(=O)O)c(C)o2)no1. The summed E-state index contributed by atoms with van der Waals surface area (Å²) in [5.41, 5.74) is 0.0691. The molecule has 0 saturated heterocycles. The molecule has 2 rings (SSSR count). The van der Waals surface area contributed by atoms with Crippen molar-refractivity contribution in [2.75, 3.05) is 0 Å². The highest BCUT2D eigenvalue weighted by Gasteiger charge is 2.16. The fraction of sp³-hybridized carbons (Fsp3) is 0.273. The minimum atomic E-state index is -1.08. The van der Waals surface area contributed by atoms with E-state index in [1.807, 2.05) is 0 Å². The predicted octanol–water partition coefficient (Wildman–Crippen LogP) is 0.908. The number of hydrogen-bond donors (Lipinski definition) is 2. The Balaban J connectivity index is 2.01. The van der Waals surface area contributed by atoms with Gasteiger partial charge in [0.1, 0.15) is 17.1 Å². The average Bonchev–Trinajstić information content (AvgIpc) is 2.92. The Morgan fingerprint density at radius 1 is 1.42 bits per heavy atom. The van der Waals surface area contributed by atoms with Crippen LogP contribution in [0.2, 0.25) is 0 Å². The third-order valence-electron chi connectivity index (χ3n) is 2.35. The Bertz CT molecular complexity index is 628. The lowest BCUT2D eigenvalue weighted by Crippen LogP contribution is -2.23. The molecule has 19 heavy (non-hydrogen) atoms. The van der Waals surface area contributed by atoms with E-state index in [9.17, 15) is 9.59 Å². The minimum Gasteiger partial charge on any atom is -0.478 e. The Morgan fingerprint density at radius 3 is 2.68 bits per heavy atom. The van der Waals surface area contributed by atoms with E-state index in [2.05, 4.69) is 20.0 Å². The zero-order chi connectivity index (χ0) is 14.0. The zero-order valence-corrected chi connectivity index (χ0v) is 10.3. The summed E-state index contributed by atoms with van der Waals surface area (Å²) < 4.78 is 9.88. The van der Waals surface area contributed by atoms with Crippen LogP contribution in [0, 0.1) is 13.8 Å². The monoisotopic (exact) mass is 265 g/mol. The topological polar surface area (TPSA) is 118 Å². The van der Waals surface area contributed by atoms with Crippen molar-refractivity contribution >= 4 is 11.9 Å². The number of aromatic carboxylic acids is 1. The number of rotatable bonds is 4. The molecule has 0 radical (unpaired) electrons. The normalized spacial score (nSPS) is 10.4. The largest absolute Gasteiger partial charge is 0.478 e. The van der Waals surface area contributed by atoms with E-state index in [-0.39, 0.29) is 29.6 Å². The smallest absolute Gasteiger partial charge is 0.339 e. The van der Waals surface area contributed by atoms with Crippen molar-refractivity contribution in [1.82, 2.24) is 15.5 Å².